The van der Waals surface area contributed by atoms with E-state index < -0.39 is 0 Å². The number of aromatic amines is 1. The molecule has 1 fully saturated rings. The predicted octanol–water partition coefficient (Wildman–Crippen LogP) is 0.163. The third-order valence-electron chi connectivity index (χ3n) is 2.06. The summed E-state index contributed by atoms with van der Waals surface area (Å²) < 4.78 is 5.40. The highest BCUT2D eigenvalue weighted by atomic mass is 16.5. The number of nitrogens with one attached hydrogen (secondary N) is 2. The summed E-state index contributed by atoms with van der Waals surface area (Å²) in [5, 5.41) is 10.3. The van der Waals surface area contributed by atoms with Gasteiger partial charge in [-0.1, -0.05) is 0 Å². The van der Waals surface area contributed by atoms with Crippen LogP contribution < -0.4 is 5.32 Å². The van der Waals surface area contributed by atoms with Crippen LogP contribution in [0.3, 0.4) is 0 Å². The van der Waals surface area contributed by atoms with Crippen molar-refractivity contribution < 1.29 is 4.74 Å². The molecular weight excluding hydrogens is 168 g/mol. The van der Waals surface area contributed by atoms with E-state index in [1.807, 2.05) is 6.92 Å². The highest BCUT2D eigenvalue weighted by Gasteiger charge is 2.22. The largest absolute Gasteiger partial charge is 0.378 e. The molecule has 0 radical (unpaired) electrons. The molecule has 1 aromatic heterocycles. The number of aromatic nitrogens is 3. The first-order valence-electron chi connectivity index (χ1n) is 4.48. The van der Waals surface area contributed by atoms with Gasteiger partial charge in [-0.3, -0.25) is 5.10 Å². The molecular formula is C8H14N4O. The Hall–Kier alpha value is -0.940. The summed E-state index contributed by atoms with van der Waals surface area (Å²) in [6.07, 6.45) is 0. The Morgan fingerprint density at radius 2 is 2.31 bits per heavy atom. The maximum absolute atomic E-state index is 5.40. The van der Waals surface area contributed by atoms with E-state index in [1.54, 1.807) is 0 Å². The fourth-order valence-electron chi connectivity index (χ4n) is 1.47. The lowest BCUT2D eigenvalue weighted by atomic mass is 10.2. The summed E-state index contributed by atoms with van der Waals surface area (Å²) in [5.74, 6) is 1.64. The number of rotatable bonds is 1. The second kappa shape index (κ2) is 3.43. The fourth-order valence-corrected chi connectivity index (χ4v) is 1.47. The first-order valence-corrected chi connectivity index (χ1v) is 4.48. The van der Waals surface area contributed by atoms with Crippen LogP contribution in [0.5, 0.6) is 0 Å². The third-order valence-corrected chi connectivity index (χ3v) is 2.06. The lowest BCUT2D eigenvalue weighted by Crippen LogP contribution is -2.42. The number of ether oxygens (including phenoxy) is 1. The van der Waals surface area contributed by atoms with Gasteiger partial charge < -0.3 is 10.1 Å². The molecule has 1 aliphatic rings. The van der Waals surface area contributed by atoms with Gasteiger partial charge in [-0.15, -0.1) is 0 Å². The Morgan fingerprint density at radius 3 is 2.92 bits per heavy atom. The van der Waals surface area contributed by atoms with Gasteiger partial charge in [0.2, 0.25) is 0 Å². The van der Waals surface area contributed by atoms with E-state index in [0.29, 0.717) is 12.6 Å². The Morgan fingerprint density at radius 1 is 1.46 bits per heavy atom. The molecule has 0 saturated carbocycles. The lowest BCUT2D eigenvalue weighted by Gasteiger charge is -2.26. The Kier molecular flexibility index (Phi) is 2.28. The zero-order valence-corrected chi connectivity index (χ0v) is 7.87. The Labute approximate surface area is 76.9 Å². The number of hydrogen-bond acceptors (Lipinski definition) is 4. The van der Waals surface area contributed by atoms with Crippen molar-refractivity contribution in [1.82, 2.24) is 20.5 Å². The van der Waals surface area contributed by atoms with E-state index in [0.717, 1.165) is 18.3 Å². The normalized spacial score (nSPS) is 29.1. The molecule has 2 atom stereocenters. The fraction of sp³-hybridized carbons (Fsp3) is 0.750. The van der Waals surface area contributed by atoms with Crippen molar-refractivity contribution in [3.05, 3.63) is 11.6 Å². The molecule has 0 spiro atoms. The molecule has 2 unspecified atom stereocenters. The van der Waals surface area contributed by atoms with E-state index >= 15 is 0 Å². The molecule has 1 aromatic rings. The van der Waals surface area contributed by atoms with Crippen LogP contribution in [0.25, 0.3) is 0 Å². The van der Waals surface area contributed by atoms with Crippen LogP contribution >= 0.6 is 0 Å². The van der Waals surface area contributed by atoms with Crippen LogP contribution in [-0.2, 0) is 4.74 Å². The van der Waals surface area contributed by atoms with Crippen molar-refractivity contribution in [2.75, 3.05) is 13.2 Å². The van der Waals surface area contributed by atoms with Crippen molar-refractivity contribution in [1.29, 1.82) is 0 Å². The monoisotopic (exact) mass is 182 g/mol. The average molecular weight is 182 g/mol. The number of H-pyrrole nitrogens is 1. The first kappa shape index (κ1) is 8.65. The SMILES string of the molecule is Cc1nc(C2COCC(C)N2)n[nH]1. The molecule has 13 heavy (non-hydrogen) atoms. The molecule has 5 nitrogen and oxygen atoms in total. The van der Waals surface area contributed by atoms with E-state index in [9.17, 15) is 0 Å². The average Bonchev–Trinajstić information content (AvgIpc) is 2.52. The number of nitrogens with zero attached hydrogens (tertiary/aromatic N) is 2. The van der Waals surface area contributed by atoms with E-state index in [4.69, 9.17) is 4.74 Å². The molecule has 2 heterocycles. The topological polar surface area (TPSA) is 62.8 Å². The van der Waals surface area contributed by atoms with Gasteiger partial charge in [-0.25, -0.2) is 4.98 Å². The van der Waals surface area contributed by atoms with Crippen LogP contribution in [0.1, 0.15) is 24.6 Å². The van der Waals surface area contributed by atoms with Crippen LogP contribution in [0.2, 0.25) is 0 Å². The van der Waals surface area contributed by atoms with Crippen molar-refractivity contribution in [2.24, 2.45) is 0 Å². The van der Waals surface area contributed by atoms with Crippen LogP contribution in [0, 0.1) is 6.92 Å². The minimum atomic E-state index is 0.133. The molecule has 1 saturated heterocycles. The minimum Gasteiger partial charge on any atom is -0.378 e. The molecule has 0 bridgehead atoms. The molecule has 0 amide bonds. The zero-order chi connectivity index (χ0) is 9.26. The summed E-state index contributed by atoms with van der Waals surface area (Å²) in [6, 6.07) is 0.506. The molecule has 0 aliphatic carbocycles. The van der Waals surface area contributed by atoms with Crippen molar-refractivity contribution in [3.63, 3.8) is 0 Å². The molecule has 72 valence electrons. The van der Waals surface area contributed by atoms with E-state index in [2.05, 4.69) is 27.4 Å². The number of morpholine rings is 1. The molecule has 2 N–H and O–H groups in total. The molecule has 2 rings (SSSR count). The van der Waals surface area contributed by atoms with Gasteiger partial charge in [0.25, 0.3) is 0 Å². The Bertz CT molecular complexity index is 285. The van der Waals surface area contributed by atoms with E-state index in [-0.39, 0.29) is 6.04 Å². The summed E-state index contributed by atoms with van der Waals surface area (Å²) in [7, 11) is 0. The van der Waals surface area contributed by atoms with Gasteiger partial charge in [0.15, 0.2) is 5.82 Å². The third kappa shape index (κ3) is 1.87. The smallest absolute Gasteiger partial charge is 0.169 e. The summed E-state index contributed by atoms with van der Waals surface area (Å²) >= 11 is 0. The van der Waals surface area contributed by atoms with Crippen molar-refractivity contribution in [3.8, 4) is 0 Å². The van der Waals surface area contributed by atoms with Gasteiger partial charge in [0, 0.05) is 6.04 Å². The van der Waals surface area contributed by atoms with Crippen molar-refractivity contribution >= 4 is 0 Å². The second-order valence-electron chi connectivity index (χ2n) is 3.44. The van der Waals surface area contributed by atoms with Crippen LogP contribution in [-0.4, -0.2) is 34.4 Å². The maximum Gasteiger partial charge on any atom is 0.169 e. The van der Waals surface area contributed by atoms with Crippen LogP contribution in [0.15, 0.2) is 0 Å². The molecule has 1 aliphatic heterocycles. The summed E-state index contributed by atoms with van der Waals surface area (Å²) in [6.45, 7) is 5.40. The van der Waals surface area contributed by atoms with E-state index in [1.165, 1.54) is 0 Å². The van der Waals surface area contributed by atoms with Gasteiger partial charge >= 0.3 is 0 Å². The molecule has 5 heteroatoms. The van der Waals surface area contributed by atoms with Crippen molar-refractivity contribution in [2.45, 2.75) is 25.9 Å². The summed E-state index contributed by atoms with van der Waals surface area (Å²) in [5.41, 5.74) is 0. The minimum absolute atomic E-state index is 0.133. The second-order valence-corrected chi connectivity index (χ2v) is 3.44. The predicted molar refractivity (Wildman–Crippen MR) is 47.3 cm³/mol. The zero-order valence-electron chi connectivity index (χ0n) is 7.87. The molecule has 0 aromatic carbocycles. The van der Waals surface area contributed by atoms with Gasteiger partial charge in [-0.2, -0.15) is 5.10 Å². The number of aryl methyl sites for hydroxylation is 1. The highest BCUT2D eigenvalue weighted by Crippen LogP contribution is 2.13. The standard InChI is InChI=1S/C8H14N4O/c1-5-3-13-4-7(9-5)8-10-6(2)11-12-8/h5,7,9H,3-4H2,1-2H3,(H,10,11,12). The van der Waals surface area contributed by atoms with Crippen LogP contribution in [0.4, 0.5) is 0 Å². The Balaban J connectivity index is 2.08. The van der Waals surface area contributed by atoms with Gasteiger partial charge in [0.05, 0.1) is 19.3 Å². The summed E-state index contributed by atoms with van der Waals surface area (Å²) in [4.78, 5) is 4.26. The number of hydrogen-bond donors (Lipinski definition) is 2. The quantitative estimate of drug-likeness (QED) is 0.649. The lowest BCUT2D eigenvalue weighted by molar-refractivity contribution is 0.0479. The van der Waals surface area contributed by atoms with Gasteiger partial charge in [0.1, 0.15) is 5.82 Å². The first-order chi connectivity index (χ1) is 6.25. The highest BCUT2D eigenvalue weighted by molar-refractivity contribution is 4.97. The maximum atomic E-state index is 5.40. The van der Waals surface area contributed by atoms with Gasteiger partial charge in [-0.05, 0) is 13.8 Å².